The molecule has 5 rings (SSSR count). The molecule has 4 saturated carbocycles. The smallest absolute Gasteiger partial charge is 0.362 e. The Bertz CT molecular complexity index is 1120. The Morgan fingerprint density at radius 2 is 1.66 bits per heavy atom. The number of ether oxygens (including phenoxy) is 2. The van der Waals surface area contributed by atoms with E-state index in [1.165, 1.54) is 0 Å². The molecular formula is C33H54N2O6+2. The average Bonchev–Trinajstić information content (AvgIpc) is 3.34. The molecule has 1 N–H and O–H groups in total. The molecule has 8 heteroatoms. The van der Waals surface area contributed by atoms with Gasteiger partial charge in [0.1, 0.15) is 19.3 Å². The minimum absolute atomic E-state index is 0.0270. The summed E-state index contributed by atoms with van der Waals surface area (Å²) in [5.74, 6) is 0.173. The fourth-order valence-corrected chi connectivity index (χ4v) is 10.1. The molecule has 1 aliphatic heterocycles. The number of fused-ring (bicyclic) bond motifs is 5. The fourth-order valence-electron chi connectivity index (χ4n) is 10.1. The molecule has 0 unspecified atom stereocenters. The van der Waals surface area contributed by atoms with Gasteiger partial charge in [-0.3, -0.25) is 4.79 Å². The van der Waals surface area contributed by atoms with Crippen molar-refractivity contribution in [2.45, 2.75) is 76.9 Å². The third kappa shape index (κ3) is 5.42. The molecule has 9 atom stereocenters. The van der Waals surface area contributed by atoms with Crippen LogP contribution >= 0.6 is 0 Å². The Hall–Kier alpha value is -1.77. The van der Waals surface area contributed by atoms with Crippen LogP contribution in [0.5, 0.6) is 0 Å². The van der Waals surface area contributed by atoms with Crippen LogP contribution in [0.4, 0.5) is 0 Å². The van der Waals surface area contributed by atoms with Crippen LogP contribution in [0.2, 0.25) is 0 Å². The van der Waals surface area contributed by atoms with Crippen molar-refractivity contribution in [3.05, 3.63) is 11.6 Å². The molecule has 0 radical (unpaired) electrons. The van der Waals surface area contributed by atoms with E-state index in [1.54, 1.807) is 6.08 Å². The van der Waals surface area contributed by atoms with Gasteiger partial charge in [-0.2, -0.15) is 0 Å². The highest BCUT2D eigenvalue weighted by Crippen LogP contribution is 2.71. The Kier molecular flexibility index (Phi) is 7.60. The first-order valence-electron chi connectivity index (χ1n) is 15.8. The van der Waals surface area contributed by atoms with Crippen LogP contribution < -0.4 is 0 Å². The molecule has 230 valence electrons. The van der Waals surface area contributed by atoms with Crippen molar-refractivity contribution in [3.8, 4) is 0 Å². The number of Topliss-reactive ketones (excluding diaryl/α,β-unsaturated/α-hetero) is 1. The maximum Gasteiger partial charge on any atom is 0.362 e. The highest BCUT2D eigenvalue weighted by molar-refractivity contribution is 5.87. The Labute approximate surface area is 246 Å². The third-order valence-electron chi connectivity index (χ3n) is 11.9. The van der Waals surface area contributed by atoms with Gasteiger partial charge in [0.2, 0.25) is 0 Å². The lowest BCUT2D eigenvalue weighted by Crippen LogP contribution is -2.62. The number of likely N-dealkylation sites (N-methyl/N-ethyl adjacent to an activating group) is 2. The van der Waals surface area contributed by atoms with Gasteiger partial charge in [-0.05, 0) is 80.1 Å². The minimum atomic E-state index is -0.972. The SMILES string of the molecule is C[C@]12CC[C@H](OC(=O)C[N+](C)(C)C)C[C@@H]1CC[C@@H]1[C@@H]2CC[C@]2(C)[C@H](C3=CC(=O)OC3)[C@@H](C(=O)C[N+](C)(C)C)C[C@]12O. The quantitative estimate of drug-likeness (QED) is 0.371. The lowest BCUT2D eigenvalue weighted by Gasteiger charge is -2.63. The van der Waals surface area contributed by atoms with E-state index < -0.39 is 11.0 Å². The molecule has 0 aromatic carbocycles. The van der Waals surface area contributed by atoms with Gasteiger partial charge in [-0.15, -0.1) is 0 Å². The largest absolute Gasteiger partial charge is 0.458 e. The van der Waals surface area contributed by atoms with Crippen LogP contribution in [-0.2, 0) is 23.9 Å². The summed E-state index contributed by atoms with van der Waals surface area (Å²) in [6.07, 6.45) is 8.57. The van der Waals surface area contributed by atoms with E-state index in [4.69, 9.17) is 9.47 Å². The Morgan fingerprint density at radius 1 is 0.976 bits per heavy atom. The van der Waals surface area contributed by atoms with Crippen molar-refractivity contribution < 1.29 is 37.9 Å². The molecule has 4 aliphatic carbocycles. The number of quaternary nitrogens is 2. The molecule has 0 aromatic heterocycles. The predicted octanol–water partition coefficient (Wildman–Crippen LogP) is 3.36. The van der Waals surface area contributed by atoms with Gasteiger partial charge >= 0.3 is 11.9 Å². The summed E-state index contributed by atoms with van der Waals surface area (Å²) in [6, 6.07) is 0. The van der Waals surface area contributed by atoms with Crippen LogP contribution in [-0.4, -0.2) is 105 Å². The second-order valence-corrected chi connectivity index (χ2v) is 16.7. The molecule has 5 aliphatic rings. The van der Waals surface area contributed by atoms with Gasteiger partial charge < -0.3 is 23.5 Å². The monoisotopic (exact) mass is 574 g/mol. The number of hydrogen-bond donors (Lipinski definition) is 1. The molecule has 0 spiro atoms. The van der Waals surface area contributed by atoms with Crippen molar-refractivity contribution in [1.29, 1.82) is 0 Å². The van der Waals surface area contributed by atoms with E-state index in [9.17, 15) is 19.5 Å². The summed E-state index contributed by atoms with van der Waals surface area (Å²) in [7, 11) is 12.1. The molecule has 0 amide bonds. The Balaban J connectivity index is 1.40. The van der Waals surface area contributed by atoms with Gasteiger partial charge in [-0.25, -0.2) is 9.59 Å². The summed E-state index contributed by atoms with van der Waals surface area (Å²) in [5, 5.41) is 12.9. The van der Waals surface area contributed by atoms with E-state index in [0.29, 0.717) is 40.3 Å². The molecular weight excluding hydrogens is 520 g/mol. The zero-order valence-corrected chi connectivity index (χ0v) is 26.7. The topological polar surface area (TPSA) is 89.9 Å². The van der Waals surface area contributed by atoms with Gasteiger partial charge in [0.05, 0.1) is 47.9 Å². The number of cyclic esters (lactones) is 1. The van der Waals surface area contributed by atoms with Crippen LogP contribution in [0.3, 0.4) is 0 Å². The maximum absolute atomic E-state index is 13.9. The maximum atomic E-state index is 13.9. The molecule has 8 nitrogen and oxygen atoms in total. The molecule has 1 heterocycles. The summed E-state index contributed by atoms with van der Waals surface area (Å²) < 4.78 is 12.4. The number of nitrogens with zero attached hydrogens (tertiary/aromatic N) is 2. The van der Waals surface area contributed by atoms with E-state index in [2.05, 4.69) is 13.8 Å². The molecule has 0 aromatic rings. The van der Waals surface area contributed by atoms with Gasteiger partial charge in [-0.1, -0.05) is 13.8 Å². The zero-order chi connectivity index (χ0) is 30.2. The standard InChI is InChI=1S/C33H54N2O6/c1-31-13-11-23(41-29(38)19-35(6,7)8)16-22(31)9-10-26-25(31)12-14-32(2)30(21-15-28(37)40-20-21)24(17-33(26,32)39)27(36)18-34(3,4)5/h15,22-26,30,39H,9-14,16-20H2,1-8H3/q+2/t22-,23-,24+,25-,26+,30+,31-,32+,33-/m0/s1. The number of esters is 2. The number of rotatable bonds is 7. The van der Waals surface area contributed by atoms with Gasteiger partial charge in [0.15, 0.2) is 12.3 Å². The van der Waals surface area contributed by atoms with Crippen molar-refractivity contribution in [2.75, 3.05) is 62.0 Å². The van der Waals surface area contributed by atoms with E-state index in [-0.39, 0.29) is 53.6 Å². The summed E-state index contributed by atoms with van der Waals surface area (Å²) in [6.45, 7) is 5.61. The van der Waals surface area contributed by atoms with Crippen molar-refractivity contribution >= 4 is 17.7 Å². The first-order chi connectivity index (χ1) is 18.9. The lowest BCUT2D eigenvalue weighted by molar-refractivity contribution is -0.862. The first-order valence-corrected chi connectivity index (χ1v) is 15.8. The second kappa shape index (κ2) is 10.2. The van der Waals surface area contributed by atoms with Gasteiger partial charge in [0, 0.05) is 23.3 Å². The van der Waals surface area contributed by atoms with Crippen LogP contribution in [0, 0.1) is 40.4 Å². The van der Waals surface area contributed by atoms with Crippen LogP contribution in [0.1, 0.15) is 65.2 Å². The van der Waals surface area contributed by atoms with Crippen molar-refractivity contribution in [1.82, 2.24) is 0 Å². The molecule has 0 bridgehead atoms. The lowest BCUT2D eigenvalue weighted by atomic mass is 9.43. The number of carbonyl (C=O) groups is 3. The minimum Gasteiger partial charge on any atom is -0.458 e. The van der Waals surface area contributed by atoms with E-state index in [0.717, 1.165) is 50.5 Å². The average molecular weight is 575 g/mol. The number of carbonyl (C=O) groups excluding carboxylic acids is 3. The number of hydrogen-bond acceptors (Lipinski definition) is 6. The summed E-state index contributed by atoms with van der Waals surface area (Å²) >= 11 is 0. The molecule has 41 heavy (non-hydrogen) atoms. The zero-order valence-electron chi connectivity index (χ0n) is 26.7. The summed E-state index contributed by atoms with van der Waals surface area (Å²) in [5.41, 5.74) is -0.488. The van der Waals surface area contributed by atoms with Crippen LogP contribution in [0.15, 0.2) is 11.6 Å². The Morgan fingerprint density at radius 3 is 2.27 bits per heavy atom. The van der Waals surface area contributed by atoms with Crippen LogP contribution in [0.25, 0.3) is 0 Å². The molecule has 4 fully saturated rings. The van der Waals surface area contributed by atoms with E-state index in [1.807, 2.05) is 42.3 Å². The predicted molar refractivity (Wildman–Crippen MR) is 155 cm³/mol. The summed E-state index contributed by atoms with van der Waals surface area (Å²) in [4.78, 5) is 38.6. The number of aliphatic hydroxyl groups is 1. The van der Waals surface area contributed by atoms with Crippen molar-refractivity contribution in [2.24, 2.45) is 40.4 Å². The van der Waals surface area contributed by atoms with Crippen molar-refractivity contribution in [3.63, 3.8) is 0 Å². The first kappa shape index (κ1) is 30.7. The van der Waals surface area contributed by atoms with E-state index >= 15 is 0 Å². The fraction of sp³-hybridized carbons (Fsp3) is 0.848. The van der Waals surface area contributed by atoms with Gasteiger partial charge in [0.25, 0.3) is 0 Å². The number of ketones is 1. The normalized spacial score (nSPS) is 42.5. The highest BCUT2D eigenvalue weighted by Gasteiger charge is 2.71. The molecule has 0 saturated heterocycles. The third-order valence-corrected chi connectivity index (χ3v) is 11.9. The second-order valence-electron chi connectivity index (χ2n) is 16.7. The highest BCUT2D eigenvalue weighted by atomic mass is 16.5.